The van der Waals surface area contributed by atoms with Crippen LogP contribution in [0.3, 0.4) is 0 Å². The zero-order valence-electron chi connectivity index (χ0n) is 14.7. The lowest BCUT2D eigenvalue weighted by molar-refractivity contribution is -0.139. The van der Waals surface area contributed by atoms with Gasteiger partial charge in [-0.1, -0.05) is 41.9 Å². The molecule has 1 aliphatic carbocycles. The SMILES string of the molecule is CCC(CCc1ccc(Br)cc1)NC1CC(N(CC)CC(=O)O)C1. The fraction of sp³-hybridized carbons (Fsp3) is 0.632. The number of halogens is 1. The van der Waals surface area contributed by atoms with Crippen molar-refractivity contribution in [1.82, 2.24) is 10.2 Å². The van der Waals surface area contributed by atoms with Crippen molar-refractivity contribution >= 4 is 21.9 Å². The molecule has 1 aliphatic rings. The Morgan fingerprint density at radius 2 is 2.00 bits per heavy atom. The molecule has 1 aromatic carbocycles. The van der Waals surface area contributed by atoms with Crippen molar-refractivity contribution in [3.05, 3.63) is 34.3 Å². The van der Waals surface area contributed by atoms with Crippen molar-refractivity contribution in [2.45, 2.75) is 64.1 Å². The fourth-order valence-corrected chi connectivity index (χ4v) is 3.69. The molecule has 4 nitrogen and oxygen atoms in total. The molecule has 0 spiro atoms. The van der Waals surface area contributed by atoms with Gasteiger partial charge in [0.25, 0.3) is 0 Å². The minimum absolute atomic E-state index is 0.161. The number of rotatable bonds is 10. The van der Waals surface area contributed by atoms with Crippen molar-refractivity contribution < 1.29 is 9.90 Å². The molecule has 0 saturated heterocycles. The van der Waals surface area contributed by atoms with Crippen LogP contribution in [0.1, 0.15) is 45.1 Å². The Kier molecular flexibility index (Phi) is 7.72. The number of carboxylic acid groups (broad SMARTS) is 1. The van der Waals surface area contributed by atoms with Crippen LogP contribution in [0.15, 0.2) is 28.7 Å². The van der Waals surface area contributed by atoms with E-state index in [2.05, 4.69) is 57.3 Å². The molecule has 0 amide bonds. The predicted molar refractivity (Wildman–Crippen MR) is 101 cm³/mol. The molecule has 1 atom stereocenters. The van der Waals surface area contributed by atoms with E-state index in [0.29, 0.717) is 18.1 Å². The molecule has 134 valence electrons. The van der Waals surface area contributed by atoms with Gasteiger partial charge in [-0.2, -0.15) is 0 Å². The van der Waals surface area contributed by atoms with Gasteiger partial charge in [-0.15, -0.1) is 0 Å². The summed E-state index contributed by atoms with van der Waals surface area (Å²) in [7, 11) is 0. The van der Waals surface area contributed by atoms with Crippen molar-refractivity contribution in [2.24, 2.45) is 0 Å². The standard InChI is InChI=1S/C19H29BrN2O2/c1-3-16(10-7-14-5-8-15(20)9-6-14)21-17-11-18(12-17)22(4-2)13-19(23)24/h5-6,8-9,16-18,21H,3-4,7,10-13H2,1-2H3,(H,23,24). The van der Waals surface area contributed by atoms with E-state index in [9.17, 15) is 4.79 Å². The smallest absolute Gasteiger partial charge is 0.317 e. The average molecular weight is 397 g/mol. The van der Waals surface area contributed by atoms with Crippen LogP contribution in [0.5, 0.6) is 0 Å². The number of aryl methyl sites for hydroxylation is 1. The highest BCUT2D eigenvalue weighted by molar-refractivity contribution is 9.10. The largest absolute Gasteiger partial charge is 0.480 e. The molecule has 0 heterocycles. The molecule has 1 saturated carbocycles. The molecular weight excluding hydrogens is 368 g/mol. The van der Waals surface area contributed by atoms with E-state index in [-0.39, 0.29) is 6.54 Å². The van der Waals surface area contributed by atoms with Crippen LogP contribution in [0, 0.1) is 0 Å². The number of aliphatic carboxylic acids is 1. The molecule has 2 rings (SSSR count). The Labute approximate surface area is 153 Å². The summed E-state index contributed by atoms with van der Waals surface area (Å²) in [4.78, 5) is 13.0. The number of likely N-dealkylation sites (N-methyl/N-ethyl adjacent to an activating group) is 1. The summed E-state index contributed by atoms with van der Waals surface area (Å²) in [6, 6.07) is 10.1. The summed E-state index contributed by atoms with van der Waals surface area (Å²) in [5.41, 5.74) is 1.38. The summed E-state index contributed by atoms with van der Waals surface area (Å²) in [6.07, 6.45) is 5.50. The third-order valence-electron chi connectivity index (χ3n) is 5.03. The number of nitrogens with zero attached hydrogens (tertiary/aromatic N) is 1. The van der Waals surface area contributed by atoms with E-state index in [0.717, 1.165) is 43.1 Å². The fourth-order valence-electron chi connectivity index (χ4n) is 3.43. The van der Waals surface area contributed by atoms with Crippen molar-refractivity contribution in [1.29, 1.82) is 0 Å². The Hall–Kier alpha value is -0.910. The molecule has 0 radical (unpaired) electrons. The van der Waals surface area contributed by atoms with Crippen molar-refractivity contribution in [3.63, 3.8) is 0 Å². The lowest BCUT2D eigenvalue weighted by Gasteiger charge is -2.43. The Balaban J connectivity index is 1.72. The molecule has 1 fully saturated rings. The minimum atomic E-state index is -0.728. The minimum Gasteiger partial charge on any atom is -0.480 e. The van der Waals surface area contributed by atoms with Crippen LogP contribution in [-0.2, 0) is 11.2 Å². The van der Waals surface area contributed by atoms with Gasteiger partial charge in [0, 0.05) is 22.6 Å². The topological polar surface area (TPSA) is 52.6 Å². The second-order valence-electron chi connectivity index (χ2n) is 6.72. The molecule has 1 aromatic rings. The quantitative estimate of drug-likeness (QED) is 0.633. The average Bonchev–Trinajstić information content (AvgIpc) is 2.52. The van der Waals surface area contributed by atoms with Gasteiger partial charge >= 0.3 is 5.97 Å². The third-order valence-corrected chi connectivity index (χ3v) is 5.56. The summed E-state index contributed by atoms with van der Waals surface area (Å²) < 4.78 is 1.12. The number of carboxylic acids is 1. The van der Waals surface area contributed by atoms with E-state index >= 15 is 0 Å². The molecule has 0 aliphatic heterocycles. The van der Waals surface area contributed by atoms with E-state index in [4.69, 9.17) is 5.11 Å². The normalized spacial score (nSPS) is 21.5. The molecule has 24 heavy (non-hydrogen) atoms. The van der Waals surface area contributed by atoms with Crippen molar-refractivity contribution in [3.8, 4) is 0 Å². The lowest BCUT2D eigenvalue weighted by Crippen LogP contribution is -2.55. The summed E-state index contributed by atoms with van der Waals surface area (Å²) in [6.45, 7) is 5.24. The van der Waals surface area contributed by atoms with Crippen LogP contribution in [0.2, 0.25) is 0 Å². The summed E-state index contributed by atoms with van der Waals surface area (Å²) in [5, 5.41) is 12.7. The number of benzene rings is 1. The van der Waals surface area contributed by atoms with Crippen LogP contribution >= 0.6 is 15.9 Å². The maximum atomic E-state index is 10.9. The highest BCUT2D eigenvalue weighted by Gasteiger charge is 2.34. The molecule has 0 aromatic heterocycles. The highest BCUT2D eigenvalue weighted by Crippen LogP contribution is 2.26. The maximum absolute atomic E-state index is 10.9. The predicted octanol–water partition coefficient (Wildman–Crippen LogP) is 3.69. The monoisotopic (exact) mass is 396 g/mol. The van der Waals surface area contributed by atoms with Crippen LogP contribution in [0.4, 0.5) is 0 Å². The highest BCUT2D eigenvalue weighted by atomic mass is 79.9. The molecule has 5 heteroatoms. The first-order valence-electron chi connectivity index (χ1n) is 8.98. The molecular formula is C19H29BrN2O2. The first-order valence-corrected chi connectivity index (χ1v) is 9.77. The van der Waals surface area contributed by atoms with Gasteiger partial charge in [0.05, 0.1) is 6.54 Å². The van der Waals surface area contributed by atoms with E-state index < -0.39 is 5.97 Å². The van der Waals surface area contributed by atoms with Gasteiger partial charge < -0.3 is 10.4 Å². The van der Waals surface area contributed by atoms with Gasteiger partial charge in [0.2, 0.25) is 0 Å². The van der Waals surface area contributed by atoms with E-state index in [1.807, 2.05) is 6.92 Å². The van der Waals surface area contributed by atoms with Crippen molar-refractivity contribution in [2.75, 3.05) is 13.1 Å². The lowest BCUT2D eigenvalue weighted by atomic mass is 9.84. The Morgan fingerprint density at radius 3 is 2.54 bits per heavy atom. The van der Waals surface area contributed by atoms with E-state index in [1.165, 1.54) is 5.56 Å². The summed E-state index contributed by atoms with van der Waals surface area (Å²) in [5.74, 6) is -0.728. The number of carbonyl (C=O) groups is 1. The first kappa shape index (κ1) is 19.4. The van der Waals surface area contributed by atoms with Gasteiger partial charge in [-0.05, 0) is 56.3 Å². The van der Waals surface area contributed by atoms with Crippen LogP contribution in [0.25, 0.3) is 0 Å². The van der Waals surface area contributed by atoms with Gasteiger partial charge in [-0.25, -0.2) is 0 Å². The second-order valence-corrected chi connectivity index (χ2v) is 7.63. The third kappa shape index (κ3) is 5.87. The number of hydrogen-bond donors (Lipinski definition) is 2. The van der Waals surface area contributed by atoms with Gasteiger partial charge in [-0.3, -0.25) is 9.69 Å². The Morgan fingerprint density at radius 1 is 1.33 bits per heavy atom. The maximum Gasteiger partial charge on any atom is 0.317 e. The zero-order chi connectivity index (χ0) is 17.5. The number of nitrogens with one attached hydrogen (secondary N) is 1. The molecule has 2 N–H and O–H groups in total. The van der Waals surface area contributed by atoms with E-state index in [1.54, 1.807) is 0 Å². The van der Waals surface area contributed by atoms with Gasteiger partial charge in [0.15, 0.2) is 0 Å². The van der Waals surface area contributed by atoms with Crippen LogP contribution in [-0.4, -0.2) is 47.2 Å². The number of hydrogen-bond acceptors (Lipinski definition) is 3. The second kappa shape index (κ2) is 9.54. The van der Waals surface area contributed by atoms with Gasteiger partial charge in [0.1, 0.15) is 0 Å². The Bertz CT molecular complexity index is 515. The molecule has 0 bridgehead atoms. The summed E-state index contributed by atoms with van der Waals surface area (Å²) >= 11 is 3.47. The molecule has 1 unspecified atom stereocenters. The first-order chi connectivity index (χ1) is 11.5. The zero-order valence-corrected chi connectivity index (χ0v) is 16.3. The van der Waals surface area contributed by atoms with Crippen LogP contribution < -0.4 is 5.32 Å².